The van der Waals surface area contributed by atoms with Gasteiger partial charge in [0, 0.05) is 23.7 Å². The van der Waals surface area contributed by atoms with Gasteiger partial charge in [0.1, 0.15) is 0 Å². The largest absolute Gasteiger partial charge is 0.326 e. The van der Waals surface area contributed by atoms with E-state index in [0.717, 1.165) is 31.2 Å². The molecule has 0 unspecified atom stereocenters. The number of likely N-dealkylation sites (tertiary alicyclic amines) is 1. The second-order valence-electron chi connectivity index (χ2n) is 6.69. The van der Waals surface area contributed by atoms with Crippen LogP contribution in [0.1, 0.15) is 25.7 Å². The topological polar surface area (TPSA) is 35.6 Å². The summed E-state index contributed by atoms with van der Waals surface area (Å²) in [7, 11) is 4.27. The van der Waals surface area contributed by atoms with E-state index in [1.807, 2.05) is 12.1 Å². The van der Waals surface area contributed by atoms with Gasteiger partial charge >= 0.3 is 0 Å². The highest BCUT2D eigenvalue weighted by Gasteiger charge is 2.19. The van der Waals surface area contributed by atoms with E-state index in [2.05, 4.69) is 29.2 Å². The summed E-state index contributed by atoms with van der Waals surface area (Å²) >= 11 is 5.92. The molecule has 128 valence electrons. The number of amides is 1. The summed E-state index contributed by atoms with van der Waals surface area (Å²) in [6, 6.07) is 7.28. The van der Waals surface area contributed by atoms with Crippen molar-refractivity contribution in [2.75, 3.05) is 45.6 Å². The van der Waals surface area contributed by atoms with Crippen LogP contribution in [0.3, 0.4) is 0 Å². The second-order valence-corrected chi connectivity index (χ2v) is 7.12. The first-order chi connectivity index (χ1) is 11.0. The van der Waals surface area contributed by atoms with Crippen molar-refractivity contribution in [3.05, 3.63) is 29.3 Å². The predicted molar refractivity (Wildman–Crippen MR) is 97.0 cm³/mol. The molecule has 0 saturated carbocycles. The van der Waals surface area contributed by atoms with E-state index < -0.39 is 0 Å². The monoisotopic (exact) mass is 337 g/mol. The maximum absolute atomic E-state index is 12.0. The van der Waals surface area contributed by atoms with Crippen LogP contribution in [-0.4, -0.2) is 56.0 Å². The van der Waals surface area contributed by atoms with Crippen LogP contribution in [0, 0.1) is 5.92 Å². The first-order valence-electron chi connectivity index (χ1n) is 8.45. The number of anilines is 1. The van der Waals surface area contributed by atoms with E-state index in [1.54, 1.807) is 12.1 Å². The number of piperidine rings is 1. The zero-order valence-corrected chi connectivity index (χ0v) is 15.0. The molecule has 0 aliphatic carbocycles. The number of carbonyl (C=O) groups is 1. The van der Waals surface area contributed by atoms with Gasteiger partial charge in [0.15, 0.2) is 0 Å². The molecule has 1 fully saturated rings. The molecule has 1 saturated heterocycles. The van der Waals surface area contributed by atoms with Crippen molar-refractivity contribution >= 4 is 23.2 Å². The fourth-order valence-electron chi connectivity index (χ4n) is 2.99. The van der Waals surface area contributed by atoms with Crippen molar-refractivity contribution in [2.45, 2.75) is 25.7 Å². The molecule has 5 heteroatoms. The zero-order valence-electron chi connectivity index (χ0n) is 14.2. The predicted octanol–water partition coefficient (Wildman–Crippen LogP) is 3.33. The number of hydrogen-bond donors (Lipinski definition) is 1. The van der Waals surface area contributed by atoms with Crippen LogP contribution in [0.4, 0.5) is 5.69 Å². The highest BCUT2D eigenvalue weighted by molar-refractivity contribution is 6.30. The van der Waals surface area contributed by atoms with Crippen LogP contribution in [0.15, 0.2) is 24.3 Å². The number of benzene rings is 1. The molecule has 1 heterocycles. The Morgan fingerprint density at radius 3 is 2.74 bits per heavy atom. The van der Waals surface area contributed by atoms with E-state index >= 15 is 0 Å². The third-order valence-electron chi connectivity index (χ3n) is 4.46. The average Bonchev–Trinajstić information content (AvgIpc) is 2.52. The molecule has 0 bridgehead atoms. The van der Waals surface area contributed by atoms with E-state index in [9.17, 15) is 4.79 Å². The first kappa shape index (κ1) is 18.2. The maximum atomic E-state index is 12.0. The SMILES string of the molecule is CN(C)CCC1CCN(CCC(=O)Nc2cccc(Cl)c2)CC1. The lowest BCUT2D eigenvalue weighted by Gasteiger charge is -2.32. The van der Waals surface area contributed by atoms with Gasteiger partial charge < -0.3 is 15.1 Å². The lowest BCUT2D eigenvalue weighted by molar-refractivity contribution is -0.116. The van der Waals surface area contributed by atoms with Gasteiger partial charge in [-0.15, -0.1) is 0 Å². The standard InChI is InChI=1S/C18H28ClN3O/c1-21(2)10-6-15-7-11-22(12-8-15)13-9-18(23)20-17-5-3-4-16(19)14-17/h3-5,14-15H,6-13H2,1-2H3,(H,20,23). The molecular weight excluding hydrogens is 310 g/mol. The highest BCUT2D eigenvalue weighted by atomic mass is 35.5. The molecular formula is C18H28ClN3O. The van der Waals surface area contributed by atoms with Gasteiger partial charge in [0.25, 0.3) is 0 Å². The molecule has 0 aromatic heterocycles. The van der Waals surface area contributed by atoms with E-state index in [-0.39, 0.29) is 5.91 Å². The van der Waals surface area contributed by atoms with Crippen LogP contribution >= 0.6 is 11.6 Å². The van der Waals surface area contributed by atoms with Crippen molar-refractivity contribution in [1.82, 2.24) is 9.80 Å². The molecule has 2 rings (SSSR count). The molecule has 1 N–H and O–H groups in total. The van der Waals surface area contributed by atoms with Crippen LogP contribution < -0.4 is 5.32 Å². The van der Waals surface area contributed by atoms with Gasteiger partial charge in [-0.05, 0) is 77.1 Å². The summed E-state index contributed by atoms with van der Waals surface area (Å²) in [5.41, 5.74) is 0.768. The van der Waals surface area contributed by atoms with Crippen LogP contribution in [0.5, 0.6) is 0 Å². The Hall–Kier alpha value is -1.10. The molecule has 0 atom stereocenters. The molecule has 23 heavy (non-hydrogen) atoms. The Bertz CT molecular complexity index is 499. The van der Waals surface area contributed by atoms with E-state index in [0.29, 0.717) is 11.4 Å². The molecule has 0 spiro atoms. The summed E-state index contributed by atoms with van der Waals surface area (Å²) in [5.74, 6) is 0.899. The molecule has 1 aromatic carbocycles. The van der Waals surface area contributed by atoms with Gasteiger partial charge in [-0.2, -0.15) is 0 Å². The number of nitrogens with zero attached hydrogens (tertiary/aromatic N) is 2. The van der Waals surface area contributed by atoms with Gasteiger partial charge in [-0.25, -0.2) is 0 Å². The smallest absolute Gasteiger partial charge is 0.225 e. The Morgan fingerprint density at radius 2 is 2.09 bits per heavy atom. The van der Waals surface area contributed by atoms with Crippen molar-refractivity contribution < 1.29 is 4.79 Å². The zero-order chi connectivity index (χ0) is 16.7. The van der Waals surface area contributed by atoms with Crippen LogP contribution in [0.2, 0.25) is 5.02 Å². The number of rotatable bonds is 7. The van der Waals surface area contributed by atoms with Gasteiger partial charge in [0.05, 0.1) is 0 Å². The van der Waals surface area contributed by atoms with Gasteiger partial charge in [-0.1, -0.05) is 17.7 Å². The highest BCUT2D eigenvalue weighted by Crippen LogP contribution is 2.21. The Morgan fingerprint density at radius 1 is 1.35 bits per heavy atom. The van der Waals surface area contributed by atoms with Crippen molar-refractivity contribution in [3.63, 3.8) is 0 Å². The number of carbonyl (C=O) groups excluding carboxylic acids is 1. The Kier molecular flexibility index (Phi) is 7.34. The van der Waals surface area contributed by atoms with Crippen molar-refractivity contribution in [3.8, 4) is 0 Å². The molecule has 4 nitrogen and oxygen atoms in total. The molecule has 1 amide bonds. The summed E-state index contributed by atoms with van der Waals surface area (Å²) in [5, 5.41) is 3.55. The number of hydrogen-bond acceptors (Lipinski definition) is 3. The molecule has 0 radical (unpaired) electrons. The number of nitrogens with one attached hydrogen (secondary N) is 1. The second kappa shape index (κ2) is 9.26. The van der Waals surface area contributed by atoms with Gasteiger partial charge in [0.2, 0.25) is 5.91 Å². The Labute approximate surface area is 144 Å². The minimum atomic E-state index is 0.0574. The minimum absolute atomic E-state index is 0.0574. The van der Waals surface area contributed by atoms with Crippen molar-refractivity contribution in [2.24, 2.45) is 5.92 Å². The van der Waals surface area contributed by atoms with Crippen LogP contribution in [-0.2, 0) is 4.79 Å². The average molecular weight is 338 g/mol. The summed E-state index contributed by atoms with van der Waals surface area (Å²) < 4.78 is 0. The molecule has 1 aliphatic rings. The summed E-state index contributed by atoms with van der Waals surface area (Å²) in [6.45, 7) is 4.24. The lowest BCUT2D eigenvalue weighted by atomic mass is 9.93. The maximum Gasteiger partial charge on any atom is 0.225 e. The lowest BCUT2D eigenvalue weighted by Crippen LogP contribution is -2.36. The number of halogens is 1. The summed E-state index contributed by atoms with van der Waals surface area (Å²) in [4.78, 5) is 16.7. The molecule has 1 aromatic rings. The van der Waals surface area contributed by atoms with Crippen LogP contribution in [0.25, 0.3) is 0 Å². The minimum Gasteiger partial charge on any atom is -0.326 e. The van der Waals surface area contributed by atoms with E-state index in [1.165, 1.54) is 25.8 Å². The Balaban J connectivity index is 1.64. The first-order valence-corrected chi connectivity index (χ1v) is 8.83. The quantitative estimate of drug-likeness (QED) is 0.829. The van der Waals surface area contributed by atoms with Crippen molar-refractivity contribution in [1.29, 1.82) is 0 Å². The molecule has 1 aliphatic heterocycles. The fourth-order valence-corrected chi connectivity index (χ4v) is 3.18. The normalized spacial score (nSPS) is 16.7. The fraction of sp³-hybridized carbons (Fsp3) is 0.611. The summed E-state index contributed by atoms with van der Waals surface area (Å²) in [6.07, 6.45) is 4.33. The third-order valence-corrected chi connectivity index (χ3v) is 4.69. The van der Waals surface area contributed by atoms with E-state index in [4.69, 9.17) is 11.6 Å². The van der Waals surface area contributed by atoms with Gasteiger partial charge in [-0.3, -0.25) is 4.79 Å². The third kappa shape index (κ3) is 6.90.